The second-order valence-electron chi connectivity index (χ2n) is 11.3. The predicted octanol–water partition coefficient (Wildman–Crippen LogP) is 7.69. The van der Waals surface area contributed by atoms with Crippen molar-refractivity contribution in [2.45, 2.75) is 38.5 Å². The van der Waals surface area contributed by atoms with Gasteiger partial charge in [0.2, 0.25) is 0 Å². The molecule has 13 heteroatoms. The average molecular weight is 927 g/mol. The molecule has 4 aromatic rings. The number of methoxy groups -OCH3 is 2. The molecule has 0 aromatic heterocycles. The van der Waals surface area contributed by atoms with Crippen molar-refractivity contribution in [2.75, 3.05) is 14.2 Å². The summed E-state index contributed by atoms with van der Waals surface area (Å²) in [4.78, 5) is 50.7. The van der Waals surface area contributed by atoms with Gasteiger partial charge in [-0.05, 0) is 121 Å². The van der Waals surface area contributed by atoms with Crippen LogP contribution >= 0.6 is 31.9 Å². The number of Topliss-reactive ketones (excluding diaryl/α,β-unsaturated/α-hetero) is 2. The lowest BCUT2D eigenvalue weighted by Gasteiger charge is -2.26. The molecular formula is C40H30Br2O6S5. The molecule has 0 atom stereocenters. The Balaban J connectivity index is 0.000000257. The Kier molecular flexibility index (Phi) is 15.8. The Bertz CT molecular complexity index is 2190. The van der Waals surface area contributed by atoms with E-state index in [9.17, 15) is 19.2 Å². The van der Waals surface area contributed by atoms with Crippen molar-refractivity contribution in [1.82, 2.24) is 0 Å². The highest BCUT2D eigenvalue weighted by Crippen LogP contribution is 2.52. The Morgan fingerprint density at radius 1 is 0.585 bits per heavy atom. The average Bonchev–Trinajstić information content (AvgIpc) is 3.60. The van der Waals surface area contributed by atoms with E-state index in [0.717, 1.165) is 51.2 Å². The van der Waals surface area contributed by atoms with Gasteiger partial charge in [0.15, 0.2) is 22.4 Å². The van der Waals surface area contributed by atoms with Crippen molar-refractivity contribution >= 4 is 109 Å². The van der Waals surface area contributed by atoms with Gasteiger partial charge in [0.05, 0.1) is 14.2 Å². The number of hydrogen-bond donors (Lipinski definition) is 0. The first kappa shape index (κ1) is 43.7. The zero-order valence-corrected chi connectivity index (χ0v) is 36.4. The summed E-state index contributed by atoms with van der Waals surface area (Å²) in [6.45, 7) is 6.39. The zero-order valence-electron chi connectivity index (χ0n) is 29.2. The van der Waals surface area contributed by atoms with Crippen LogP contribution in [0.25, 0.3) is 22.3 Å². The van der Waals surface area contributed by atoms with Crippen LogP contribution in [-0.4, -0.2) is 37.7 Å². The molecule has 270 valence electrons. The van der Waals surface area contributed by atoms with Crippen LogP contribution in [0.1, 0.15) is 61.1 Å². The highest BCUT2D eigenvalue weighted by molar-refractivity contribution is 9.10. The molecule has 0 aliphatic heterocycles. The Hall–Kier alpha value is -3.66. The monoisotopic (exact) mass is 924 g/mol. The number of halogens is 2. The number of benzene rings is 4. The molecule has 0 heterocycles. The maximum atomic E-state index is 12.8. The minimum atomic E-state index is -1.45. The molecule has 0 bridgehead atoms. The van der Waals surface area contributed by atoms with Crippen LogP contribution in [0.3, 0.4) is 0 Å². The molecule has 0 fully saturated rings. The first-order valence-electron chi connectivity index (χ1n) is 15.4. The van der Waals surface area contributed by atoms with Crippen molar-refractivity contribution in [3.63, 3.8) is 0 Å². The molecule has 6 nitrogen and oxygen atoms in total. The fourth-order valence-corrected chi connectivity index (χ4v) is 7.57. The predicted molar refractivity (Wildman–Crippen MR) is 228 cm³/mol. The van der Waals surface area contributed by atoms with E-state index in [-0.39, 0.29) is 11.6 Å². The second kappa shape index (κ2) is 19.1. The van der Waals surface area contributed by atoms with Crippen LogP contribution < -0.4 is 0 Å². The van der Waals surface area contributed by atoms with Crippen LogP contribution in [0.15, 0.2) is 81.7 Å². The summed E-state index contributed by atoms with van der Waals surface area (Å²) in [5.41, 5.74) is 4.80. The quantitative estimate of drug-likeness (QED) is 0.116. The van der Waals surface area contributed by atoms with Gasteiger partial charge >= 0.3 is 11.9 Å². The van der Waals surface area contributed by atoms with Gasteiger partial charge in [0, 0.05) is 73.7 Å². The minimum Gasteiger partial charge on any atom is -0.468 e. The van der Waals surface area contributed by atoms with E-state index in [4.69, 9.17) is 9.47 Å². The topological polar surface area (TPSA) is 86.7 Å². The molecule has 0 N–H and O–H groups in total. The third-order valence-electron chi connectivity index (χ3n) is 8.78. The lowest BCUT2D eigenvalue weighted by molar-refractivity contribution is -0.150. The molecule has 2 aliphatic carbocycles. The number of hydrogen-bond acceptors (Lipinski definition) is 10. The largest absolute Gasteiger partial charge is 0.468 e. The molecule has 4 aromatic carbocycles. The summed E-state index contributed by atoms with van der Waals surface area (Å²) in [6.07, 6.45) is 0. The third-order valence-corrected chi connectivity index (χ3v) is 9.76. The summed E-state index contributed by atoms with van der Waals surface area (Å²) in [6, 6.07) is 22.2. The summed E-state index contributed by atoms with van der Waals surface area (Å²) in [5.74, 6) is 10.2. The number of carbonyl (C=O) groups is 4. The molecular weight excluding hydrogens is 897 g/mol. The molecule has 53 heavy (non-hydrogen) atoms. The molecule has 0 radical (unpaired) electrons. The van der Waals surface area contributed by atoms with Crippen LogP contribution in [0.2, 0.25) is 0 Å². The number of ketones is 2. The van der Waals surface area contributed by atoms with Crippen molar-refractivity contribution in [3.05, 3.63) is 115 Å². The smallest absolute Gasteiger partial charge is 0.328 e. The van der Waals surface area contributed by atoms with Crippen LogP contribution in [0.5, 0.6) is 0 Å². The van der Waals surface area contributed by atoms with E-state index in [0.29, 0.717) is 22.3 Å². The van der Waals surface area contributed by atoms with E-state index in [1.165, 1.54) is 28.1 Å². The highest BCUT2D eigenvalue weighted by Gasteiger charge is 2.55. The van der Waals surface area contributed by atoms with E-state index >= 15 is 0 Å². The van der Waals surface area contributed by atoms with Crippen LogP contribution in [-0.2, 0) is 93.1 Å². The number of ether oxygens (including phenoxy) is 2. The maximum Gasteiger partial charge on any atom is 0.328 e. The lowest BCUT2D eigenvalue weighted by atomic mass is 9.75. The minimum absolute atomic E-state index is 0.246. The molecule has 2 aliphatic rings. The van der Waals surface area contributed by atoms with E-state index in [1.54, 1.807) is 26.0 Å². The van der Waals surface area contributed by atoms with Crippen molar-refractivity contribution in [3.8, 4) is 45.9 Å². The van der Waals surface area contributed by atoms with Crippen LogP contribution in [0.4, 0.5) is 0 Å². The fourth-order valence-electron chi connectivity index (χ4n) is 6.85. The molecule has 0 spiro atoms. The fraction of sp³-hybridized carbons (Fsp3) is 0.200. The zero-order chi connectivity index (χ0) is 39.7. The summed E-state index contributed by atoms with van der Waals surface area (Å²) < 4.78 is 11.8. The van der Waals surface area contributed by atoms with Gasteiger partial charge in [-0.1, -0.05) is 68.0 Å². The highest BCUT2D eigenvalue weighted by atomic mass is 79.9. The molecule has 0 saturated heterocycles. The van der Waals surface area contributed by atoms with Gasteiger partial charge in [-0.2, -0.15) is 0 Å². The molecule has 0 amide bonds. The Labute approximate surface area is 348 Å². The lowest BCUT2D eigenvalue weighted by Crippen LogP contribution is -2.42. The Morgan fingerprint density at radius 2 is 0.868 bits per heavy atom. The van der Waals surface area contributed by atoms with Crippen molar-refractivity contribution < 1.29 is 28.7 Å². The third kappa shape index (κ3) is 7.94. The maximum absolute atomic E-state index is 12.8. The van der Waals surface area contributed by atoms with Crippen molar-refractivity contribution in [1.29, 1.82) is 0 Å². The number of esters is 2. The van der Waals surface area contributed by atoms with Gasteiger partial charge in [-0.15, -0.1) is 11.8 Å². The number of fused-ring (bicyclic) bond motifs is 6. The van der Waals surface area contributed by atoms with Gasteiger partial charge in [0.25, 0.3) is 0 Å². The standard InChI is InChI=1S/C23H18O3.C17H12Br2O3.S3.S2/c1-5-7-16-9-11-20-18(13-16)19-14-17(8-6-2)10-12-21(19)23(20,15(3)24)22(25)26-4;1-9(20)17(16(21)22-2)14-5-3-10(18)7-12(14)13-8-11(19)4-6-15(13)17;1-3-2;1-2/h9-14H,1-4H3;3-8H,1-2H3;;. The van der Waals surface area contributed by atoms with Gasteiger partial charge < -0.3 is 9.47 Å². The SMILES string of the molecule is CC#Cc1ccc2c(c1)-c1cc(C#CC)ccc1C2(C(C)=O)C(=O)OC.COC(=O)C1(C(C)=O)c2ccc(Br)cc2-c2cc(Br)ccc21.S=S.S=S=S. The Morgan fingerprint density at radius 3 is 1.13 bits per heavy atom. The normalized spacial score (nSPS) is 12.4. The summed E-state index contributed by atoms with van der Waals surface area (Å²) in [5, 5.41) is 0. The van der Waals surface area contributed by atoms with Crippen molar-refractivity contribution in [2.24, 2.45) is 0 Å². The van der Waals surface area contributed by atoms with E-state index < -0.39 is 22.8 Å². The summed E-state index contributed by atoms with van der Waals surface area (Å²) in [7, 11) is 3.53. The second-order valence-corrected chi connectivity index (χ2v) is 14.9. The summed E-state index contributed by atoms with van der Waals surface area (Å²) >= 11 is 22.5. The molecule has 0 saturated carbocycles. The number of carbonyl (C=O) groups excluding carboxylic acids is 4. The van der Waals surface area contributed by atoms with Crippen LogP contribution in [0, 0.1) is 23.7 Å². The van der Waals surface area contributed by atoms with Gasteiger partial charge in [-0.25, -0.2) is 0 Å². The van der Waals surface area contributed by atoms with Gasteiger partial charge in [0.1, 0.15) is 0 Å². The van der Waals surface area contributed by atoms with Gasteiger partial charge in [-0.3, -0.25) is 19.2 Å². The molecule has 0 unspecified atom stereocenters. The van der Waals surface area contributed by atoms with E-state index in [1.807, 2.05) is 60.7 Å². The van der Waals surface area contributed by atoms with E-state index in [2.05, 4.69) is 100 Å². The first-order chi connectivity index (χ1) is 25.3. The first-order valence-corrected chi connectivity index (χ1v) is 21.0. The number of rotatable bonds is 4. The molecule has 6 rings (SSSR count).